The third-order valence-electron chi connectivity index (χ3n) is 4.05. The lowest BCUT2D eigenvalue weighted by Gasteiger charge is -2.10. The number of esters is 1. The first-order valence-corrected chi connectivity index (χ1v) is 8.67. The second-order valence-corrected chi connectivity index (χ2v) is 6.12. The van der Waals surface area contributed by atoms with E-state index in [1.54, 1.807) is 24.3 Å². The lowest BCUT2D eigenvalue weighted by molar-refractivity contribution is 0.0601. The molecule has 0 unspecified atom stereocenters. The highest BCUT2D eigenvalue weighted by Crippen LogP contribution is 2.19. The Morgan fingerprint density at radius 2 is 1.75 bits per heavy atom. The first-order valence-electron chi connectivity index (χ1n) is 8.67. The van der Waals surface area contributed by atoms with Gasteiger partial charge in [0.1, 0.15) is 11.5 Å². The fourth-order valence-electron chi connectivity index (χ4n) is 2.51. The van der Waals surface area contributed by atoms with Gasteiger partial charge >= 0.3 is 5.97 Å². The molecule has 2 aromatic carbocycles. The average molecular weight is 376 g/mol. The number of anilines is 2. The van der Waals surface area contributed by atoms with Crippen LogP contribution in [0.25, 0.3) is 0 Å². The number of aryl methyl sites for hydroxylation is 1. The summed E-state index contributed by atoms with van der Waals surface area (Å²) in [6.45, 7) is 2.42. The number of methoxy groups -OCH3 is 1. The molecule has 0 radical (unpaired) electrons. The van der Waals surface area contributed by atoms with Crippen molar-refractivity contribution in [2.45, 2.75) is 13.5 Å². The lowest BCUT2D eigenvalue weighted by atomic mass is 10.1. The molecule has 0 saturated carbocycles. The van der Waals surface area contributed by atoms with Crippen molar-refractivity contribution in [1.29, 1.82) is 0 Å². The summed E-state index contributed by atoms with van der Waals surface area (Å²) < 4.78 is 4.77. The maximum Gasteiger partial charge on any atom is 0.339 e. The van der Waals surface area contributed by atoms with Crippen LogP contribution < -0.4 is 10.6 Å². The molecule has 1 amide bonds. The van der Waals surface area contributed by atoms with Gasteiger partial charge in [0.05, 0.1) is 30.8 Å². The van der Waals surface area contributed by atoms with Crippen LogP contribution in [0.3, 0.4) is 0 Å². The Morgan fingerprint density at radius 1 is 1.00 bits per heavy atom. The minimum Gasteiger partial charge on any atom is -0.465 e. The van der Waals surface area contributed by atoms with E-state index in [9.17, 15) is 9.59 Å². The summed E-state index contributed by atoms with van der Waals surface area (Å²) in [6, 6.07) is 14.8. The van der Waals surface area contributed by atoms with Crippen molar-refractivity contribution in [2.24, 2.45) is 0 Å². The molecule has 0 aliphatic carbocycles. The number of para-hydroxylation sites is 1. The highest BCUT2D eigenvalue weighted by molar-refractivity contribution is 5.96. The molecule has 0 aliphatic heterocycles. The van der Waals surface area contributed by atoms with E-state index in [-0.39, 0.29) is 11.6 Å². The first kappa shape index (κ1) is 19.0. The SMILES string of the molecule is COC(=O)c1ccccc1Nc1cnc(C(=O)NCc2ccc(C)cc2)cn1. The quantitative estimate of drug-likeness (QED) is 0.642. The van der Waals surface area contributed by atoms with Crippen LogP contribution in [0.1, 0.15) is 32.0 Å². The van der Waals surface area contributed by atoms with Crippen LogP contribution in [-0.4, -0.2) is 29.0 Å². The molecule has 0 atom stereocenters. The number of nitrogens with one attached hydrogen (secondary N) is 2. The van der Waals surface area contributed by atoms with Gasteiger partial charge in [0.2, 0.25) is 0 Å². The predicted molar refractivity (Wildman–Crippen MR) is 105 cm³/mol. The van der Waals surface area contributed by atoms with E-state index in [1.807, 2.05) is 31.2 Å². The molecule has 0 bridgehead atoms. The Kier molecular flexibility index (Phi) is 5.96. The van der Waals surface area contributed by atoms with Gasteiger partial charge in [0.15, 0.2) is 0 Å². The molecule has 0 aliphatic rings. The summed E-state index contributed by atoms with van der Waals surface area (Å²) in [5.41, 5.74) is 3.30. The van der Waals surface area contributed by atoms with E-state index in [4.69, 9.17) is 4.74 Å². The van der Waals surface area contributed by atoms with Gasteiger partial charge in [-0.3, -0.25) is 4.79 Å². The molecule has 7 heteroatoms. The van der Waals surface area contributed by atoms with Crippen LogP contribution in [-0.2, 0) is 11.3 Å². The summed E-state index contributed by atoms with van der Waals surface area (Å²) in [4.78, 5) is 32.4. The van der Waals surface area contributed by atoms with Crippen LogP contribution in [0, 0.1) is 6.92 Å². The molecular formula is C21H20N4O3. The topological polar surface area (TPSA) is 93.2 Å². The number of carbonyl (C=O) groups excluding carboxylic acids is 2. The van der Waals surface area contributed by atoms with E-state index < -0.39 is 5.97 Å². The second kappa shape index (κ2) is 8.77. The van der Waals surface area contributed by atoms with Crippen LogP contribution in [0.5, 0.6) is 0 Å². The van der Waals surface area contributed by atoms with Gasteiger partial charge in [0, 0.05) is 6.54 Å². The van der Waals surface area contributed by atoms with Crippen molar-refractivity contribution in [1.82, 2.24) is 15.3 Å². The zero-order valence-corrected chi connectivity index (χ0v) is 15.6. The van der Waals surface area contributed by atoms with Gasteiger partial charge in [0.25, 0.3) is 5.91 Å². The van der Waals surface area contributed by atoms with Crippen molar-refractivity contribution in [2.75, 3.05) is 12.4 Å². The van der Waals surface area contributed by atoms with E-state index >= 15 is 0 Å². The normalized spacial score (nSPS) is 10.2. The molecule has 0 spiro atoms. The number of aromatic nitrogens is 2. The number of ether oxygens (including phenoxy) is 1. The first-order chi connectivity index (χ1) is 13.6. The molecule has 7 nitrogen and oxygen atoms in total. The van der Waals surface area contributed by atoms with Crippen LogP contribution in [0.4, 0.5) is 11.5 Å². The zero-order chi connectivity index (χ0) is 19.9. The van der Waals surface area contributed by atoms with Gasteiger partial charge in [-0.1, -0.05) is 42.0 Å². The van der Waals surface area contributed by atoms with Crippen LogP contribution >= 0.6 is 0 Å². The Bertz CT molecular complexity index is 970. The summed E-state index contributed by atoms with van der Waals surface area (Å²) in [5, 5.41) is 5.82. The second-order valence-electron chi connectivity index (χ2n) is 6.12. The Balaban J connectivity index is 1.64. The predicted octanol–water partition coefficient (Wildman–Crippen LogP) is 3.25. The molecule has 2 N–H and O–H groups in total. The molecule has 0 saturated heterocycles. The number of hydrogen-bond donors (Lipinski definition) is 2. The molecule has 3 aromatic rings. The smallest absolute Gasteiger partial charge is 0.339 e. The molecular weight excluding hydrogens is 356 g/mol. The molecule has 0 fully saturated rings. The maximum atomic E-state index is 12.2. The van der Waals surface area contributed by atoms with E-state index in [0.717, 1.165) is 11.1 Å². The number of rotatable bonds is 6. The molecule has 1 aromatic heterocycles. The van der Waals surface area contributed by atoms with Crippen molar-refractivity contribution >= 4 is 23.4 Å². The average Bonchev–Trinajstić information content (AvgIpc) is 2.73. The Labute approximate surface area is 162 Å². The largest absolute Gasteiger partial charge is 0.465 e. The van der Waals surface area contributed by atoms with Crippen molar-refractivity contribution in [3.05, 3.63) is 83.3 Å². The van der Waals surface area contributed by atoms with Crippen molar-refractivity contribution < 1.29 is 14.3 Å². The summed E-state index contributed by atoms with van der Waals surface area (Å²) in [5.74, 6) is -0.357. The van der Waals surface area contributed by atoms with Gasteiger partial charge in [-0.25, -0.2) is 14.8 Å². The maximum absolute atomic E-state index is 12.2. The van der Waals surface area contributed by atoms with E-state index in [1.165, 1.54) is 19.5 Å². The Hall–Kier alpha value is -3.74. The molecule has 28 heavy (non-hydrogen) atoms. The summed E-state index contributed by atoms with van der Waals surface area (Å²) in [6.07, 6.45) is 2.82. The lowest BCUT2D eigenvalue weighted by Crippen LogP contribution is -2.24. The van der Waals surface area contributed by atoms with E-state index in [2.05, 4.69) is 20.6 Å². The summed E-state index contributed by atoms with van der Waals surface area (Å²) >= 11 is 0. The monoisotopic (exact) mass is 376 g/mol. The fraction of sp³-hybridized carbons (Fsp3) is 0.143. The van der Waals surface area contributed by atoms with Crippen LogP contribution in [0.2, 0.25) is 0 Å². The van der Waals surface area contributed by atoms with Gasteiger partial charge in [-0.05, 0) is 24.6 Å². The zero-order valence-electron chi connectivity index (χ0n) is 15.6. The number of benzene rings is 2. The van der Waals surface area contributed by atoms with Gasteiger partial charge in [-0.2, -0.15) is 0 Å². The molecule has 142 valence electrons. The summed E-state index contributed by atoms with van der Waals surface area (Å²) in [7, 11) is 1.32. The third-order valence-corrected chi connectivity index (χ3v) is 4.05. The minimum absolute atomic E-state index is 0.207. The third kappa shape index (κ3) is 4.70. The number of carbonyl (C=O) groups is 2. The molecule has 3 rings (SSSR count). The number of nitrogens with zero attached hydrogens (tertiary/aromatic N) is 2. The van der Waals surface area contributed by atoms with Gasteiger partial charge in [-0.15, -0.1) is 0 Å². The minimum atomic E-state index is -0.455. The van der Waals surface area contributed by atoms with Crippen LogP contribution in [0.15, 0.2) is 60.9 Å². The molecule has 1 heterocycles. The fourth-order valence-corrected chi connectivity index (χ4v) is 2.51. The number of hydrogen-bond acceptors (Lipinski definition) is 6. The highest BCUT2D eigenvalue weighted by Gasteiger charge is 2.12. The Morgan fingerprint density at radius 3 is 2.43 bits per heavy atom. The van der Waals surface area contributed by atoms with Crippen molar-refractivity contribution in [3.8, 4) is 0 Å². The van der Waals surface area contributed by atoms with E-state index in [0.29, 0.717) is 23.6 Å². The number of amides is 1. The standard InChI is InChI=1S/C21H20N4O3/c1-14-7-9-15(10-8-14)11-24-20(26)18-12-23-19(13-22-18)25-17-6-4-3-5-16(17)21(27)28-2/h3-10,12-13H,11H2,1-2H3,(H,23,25)(H,24,26). The highest BCUT2D eigenvalue weighted by atomic mass is 16.5. The van der Waals surface area contributed by atoms with Gasteiger partial charge < -0.3 is 15.4 Å². The van der Waals surface area contributed by atoms with Crippen molar-refractivity contribution in [3.63, 3.8) is 0 Å².